The van der Waals surface area contributed by atoms with Crippen LogP contribution in [0.15, 0.2) is 39.8 Å². The van der Waals surface area contributed by atoms with Crippen molar-refractivity contribution in [1.82, 2.24) is 0 Å². The van der Waals surface area contributed by atoms with Crippen molar-refractivity contribution >= 4 is 11.7 Å². The van der Waals surface area contributed by atoms with E-state index in [1.807, 2.05) is 0 Å². The van der Waals surface area contributed by atoms with Crippen molar-refractivity contribution < 1.29 is 45.7 Å². The number of hydrogen-bond donors (Lipinski definition) is 1. The van der Waals surface area contributed by atoms with Gasteiger partial charge in [0.05, 0.1) is 0 Å². The van der Waals surface area contributed by atoms with Crippen molar-refractivity contribution in [2.45, 2.75) is 33.4 Å². The number of para-hydroxylation sites is 1. The van der Waals surface area contributed by atoms with E-state index < -0.39 is 26.9 Å². The van der Waals surface area contributed by atoms with Crippen LogP contribution in [0.25, 0.3) is 0 Å². The van der Waals surface area contributed by atoms with Crippen LogP contribution in [0.5, 0.6) is 0 Å². The fourth-order valence-electron chi connectivity index (χ4n) is 2.39. The summed E-state index contributed by atoms with van der Waals surface area (Å²) in [5.41, 5.74) is 4.23. The first-order chi connectivity index (χ1) is 8.59. The number of rotatable bonds is 4. The monoisotopic (exact) mass is 494 g/mol. The minimum Gasteiger partial charge on any atom is -1.00 e. The van der Waals surface area contributed by atoms with Gasteiger partial charge in [0.2, 0.25) is 0 Å². The predicted octanol–water partition coefficient (Wildman–Crippen LogP) is -1.92. The Morgan fingerprint density at radius 2 is 1.70 bits per heavy atom. The van der Waals surface area contributed by atoms with Crippen LogP contribution < -0.4 is 28.1 Å². The van der Waals surface area contributed by atoms with Gasteiger partial charge in [-0.15, -0.1) is 0 Å². The molecule has 0 saturated heterocycles. The van der Waals surface area contributed by atoms with E-state index in [-0.39, 0.29) is 24.8 Å². The van der Waals surface area contributed by atoms with Crippen molar-refractivity contribution in [2.75, 3.05) is 3.30 Å². The molecule has 5 heteroatoms. The van der Waals surface area contributed by atoms with Gasteiger partial charge >= 0.3 is 120 Å². The van der Waals surface area contributed by atoms with Gasteiger partial charge in [-0.1, -0.05) is 0 Å². The maximum Gasteiger partial charge on any atom is -1.00 e. The smallest absolute Gasteiger partial charge is 1.00 e. The van der Waals surface area contributed by atoms with Gasteiger partial charge in [0.25, 0.3) is 0 Å². The molecule has 1 aromatic carbocycles. The Morgan fingerprint density at radius 1 is 1.10 bits per heavy atom. The SMILES string of the molecule is Cc1cccc(C)c1[NH][Hf+2]([C]1=CC=CC1)[SiH](C)C.[Cl-].[Cl-]. The first-order valence-electron chi connectivity index (χ1n) is 6.65. The number of nitrogens with one attached hydrogen (secondary N) is 1. The van der Waals surface area contributed by atoms with Crippen LogP contribution >= 0.6 is 0 Å². The van der Waals surface area contributed by atoms with Gasteiger partial charge in [-0.2, -0.15) is 0 Å². The molecule has 0 spiro atoms. The molecule has 20 heavy (non-hydrogen) atoms. The van der Waals surface area contributed by atoms with Crippen LogP contribution in [0.2, 0.25) is 13.1 Å². The van der Waals surface area contributed by atoms with Gasteiger partial charge in [0, 0.05) is 0 Å². The summed E-state index contributed by atoms with van der Waals surface area (Å²) in [5.74, 6) is -0.556. The summed E-state index contributed by atoms with van der Waals surface area (Å²) in [7, 11) is 0. The standard InChI is InChI=1S/C8H10N.C5H5.C2H7Si.2ClH.Hf/c1-6-4-3-5-7(2)8(6)9;1-2-4-5-3-1;1-3-2;;;/h3-5,9H,1-2H3;1-3H,4H2;3H,1-2H3;2*1H;/q-1;;;;;+3/p-2. The molecule has 109 valence electrons. The second-order valence-electron chi connectivity index (χ2n) is 5.28. The van der Waals surface area contributed by atoms with Crippen LogP contribution in [0.3, 0.4) is 0 Å². The molecule has 0 aromatic heterocycles. The molecule has 0 bridgehead atoms. The Bertz CT molecular complexity index is 480. The first kappa shape index (κ1) is 20.2. The van der Waals surface area contributed by atoms with Crippen LogP contribution in [0, 0.1) is 13.8 Å². The van der Waals surface area contributed by atoms with E-state index in [1.165, 1.54) is 23.2 Å². The van der Waals surface area contributed by atoms with E-state index in [1.54, 1.807) is 3.33 Å². The fourth-order valence-corrected chi connectivity index (χ4v) is 22.6. The molecule has 0 heterocycles. The van der Waals surface area contributed by atoms with Gasteiger partial charge in [0.15, 0.2) is 0 Å². The number of benzene rings is 1. The summed E-state index contributed by atoms with van der Waals surface area (Å²) in [6, 6.07) is 6.60. The molecule has 0 unspecified atom stereocenters. The van der Waals surface area contributed by atoms with E-state index in [0.717, 1.165) is 0 Å². The molecule has 1 nitrogen and oxygen atoms in total. The largest absolute Gasteiger partial charge is 1.00 e. The van der Waals surface area contributed by atoms with Gasteiger partial charge in [0.1, 0.15) is 0 Å². The molecule has 0 atom stereocenters. The zero-order valence-corrected chi connectivity index (χ0v) is 18.8. The predicted molar refractivity (Wildman–Crippen MR) is 80.3 cm³/mol. The summed E-state index contributed by atoms with van der Waals surface area (Å²) in [6.45, 7) is 9.48. The van der Waals surface area contributed by atoms with E-state index in [0.29, 0.717) is 0 Å². The van der Waals surface area contributed by atoms with Crippen molar-refractivity contribution in [1.29, 1.82) is 0 Å². The second-order valence-corrected chi connectivity index (χ2v) is 30.9. The summed E-state index contributed by atoms with van der Waals surface area (Å²) in [4.78, 5) is 0. The van der Waals surface area contributed by atoms with Gasteiger partial charge in [-0.05, 0) is 0 Å². The molecule has 0 saturated carbocycles. The minimum absolute atomic E-state index is 0. The van der Waals surface area contributed by atoms with Crippen molar-refractivity contribution in [3.63, 3.8) is 0 Å². The second kappa shape index (κ2) is 9.24. The Kier molecular flexibility index (Phi) is 9.32. The van der Waals surface area contributed by atoms with Gasteiger partial charge in [-0.3, -0.25) is 0 Å². The summed E-state index contributed by atoms with van der Waals surface area (Å²) < 4.78 is 5.79. The average molecular weight is 494 g/mol. The Balaban J connectivity index is 0.00000180. The van der Waals surface area contributed by atoms with Crippen LogP contribution in [-0.2, 0) is 20.9 Å². The third-order valence-corrected chi connectivity index (χ3v) is 26.9. The summed E-state index contributed by atoms with van der Waals surface area (Å²) in [6.07, 6.45) is 8.15. The Morgan fingerprint density at radius 3 is 2.15 bits per heavy atom. The van der Waals surface area contributed by atoms with Crippen LogP contribution in [-0.4, -0.2) is 5.98 Å². The van der Waals surface area contributed by atoms with Crippen LogP contribution in [0.1, 0.15) is 17.5 Å². The number of anilines is 1. The van der Waals surface area contributed by atoms with Crippen molar-refractivity contribution in [3.8, 4) is 0 Å². The summed E-state index contributed by atoms with van der Waals surface area (Å²) in [5, 5.41) is 0. The molecular formula is C15H22Cl2HfNSi. The summed E-state index contributed by atoms with van der Waals surface area (Å²) >= 11 is -1.77. The molecule has 1 N–H and O–H groups in total. The molecule has 2 rings (SSSR count). The molecular weight excluding hydrogens is 472 g/mol. The number of hydrogen-bond acceptors (Lipinski definition) is 1. The normalized spacial score (nSPS) is 12.6. The van der Waals surface area contributed by atoms with E-state index >= 15 is 0 Å². The Hall–Kier alpha value is 0.167. The third-order valence-electron chi connectivity index (χ3n) is 3.44. The van der Waals surface area contributed by atoms with Gasteiger partial charge in [-0.25, -0.2) is 0 Å². The third kappa shape index (κ3) is 4.87. The molecule has 0 amide bonds. The minimum atomic E-state index is -1.77. The molecule has 0 radical (unpaired) electrons. The number of aryl methyl sites for hydroxylation is 2. The van der Waals surface area contributed by atoms with E-state index in [4.69, 9.17) is 0 Å². The zero-order valence-electron chi connectivity index (χ0n) is 12.5. The van der Waals surface area contributed by atoms with Crippen LogP contribution in [0.4, 0.5) is 5.69 Å². The Labute approximate surface area is 144 Å². The topological polar surface area (TPSA) is 12.0 Å². The maximum atomic E-state index is 4.02. The molecule has 0 fully saturated rings. The number of allylic oxidation sites excluding steroid dienone is 4. The zero-order chi connectivity index (χ0) is 13.1. The first-order valence-corrected chi connectivity index (χ1v) is 19.4. The molecule has 1 aliphatic rings. The average Bonchev–Trinajstić information content (AvgIpc) is 2.81. The maximum absolute atomic E-state index is 4.02. The molecule has 1 aliphatic carbocycles. The number of halogens is 2. The van der Waals surface area contributed by atoms with Gasteiger partial charge < -0.3 is 24.8 Å². The molecule has 1 aromatic rings. The van der Waals surface area contributed by atoms with E-state index in [9.17, 15) is 0 Å². The quantitative estimate of drug-likeness (QED) is 0.483. The van der Waals surface area contributed by atoms with Crippen molar-refractivity contribution in [3.05, 3.63) is 50.9 Å². The van der Waals surface area contributed by atoms with E-state index in [2.05, 4.69) is 66.7 Å². The molecule has 0 aliphatic heterocycles. The van der Waals surface area contributed by atoms with Crippen molar-refractivity contribution in [2.24, 2.45) is 0 Å². The fraction of sp³-hybridized carbons (Fsp3) is 0.333.